The lowest BCUT2D eigenvalue weighted by Gasteiger charge is -2.20. The summed E-state index contributed by atoms with van der Waals surface area (Å²) in [5.74, 6) is 0.838. The van der Waals surface area contributed by atoms with E-state index in [9.17, 15) is 4.39 Å². The average molecular weight is 342 g/mol. The fraction of sp³-hybridized carbons (Fsp3) is 0.333. The summed E-state index contributed by atoms with van der Waals surface area (Å²) in [5, 5.41) is 3.30. The van der Waals surface area contributed by atoms with Crippen molar-refractivity contribution in [2.24, 2.45) is 0 Å². The molecule has 0 saturated carbocycles. The summed E-state index contributed by atoms with van der Waals surface area (Å²) < 4.78 is 25.7. The van der Waals surface area contributed by atoms with E-state index >= 15 is 0 Å². The Bertz CT molecular complexity index is 571. The van der Waals surface area contributed by atoms with Gasteiger partial charge in [0.25, 0.3) is 0 Å². The smallest absolute Gasteiger partial charge is 0.169 e. The van der Waals surface area contributed by atoms with Crippen LogP contribution in [0.5, 0.6) is 5.75 Å². The van der Waals surface area contributed by atoms with Gasteiger partial charge in [-0.2, -0.15) is 0 Å². The largest absolute Gasteiger partial charge is 0.496 e. The minimum absolute atomic E-state index is 0.314. The monoisotopic (exact) mass is 341 g/mol. The van der Waals surface area contributed by atoms with Crippen molar-refractivity contribution in [2.75, 3.05) is 13.7 Å². The summed E-state index contributed by atoms with van der Waals surface area (Å²) >= 11 is 3.28. The predicted molar refractivity (Wildman–Crippen MR) is 79.5 cm³/mol. The SMILES string of the molecule is CCCNC(c1ccc(Br)o1)c1c(F)cccc1OC. The Kier molecular flexibility index (Phi) is 5.20. The number of hydrogen-bond acceptors (Lipinski definition) is 3. The standard InChI is InChI=1S/C15H17BrFNO2/c1-3-9-18-15(12-7-8-13(16)20-12)14-10(17)5-4-6-11(14)19-2/h4-8,15,18H,3,9H2,1-2H3. The van der Waals surface area contributed by atoms with Crippen LogP contribution in [0.2, 0.25) is 0 Å². The van der Waals surface area contributed by atoms with Crippen molar-refractivity contribution in [2.45, 2.75) is 19.4 Å². The summed E-state index contributed by atoms with van der Waals surface area (Å²) in [4.78, 5) is 0. The van der Waals surface area contributed by atoms with Gasteiger partial charge in [-0.15, -0.1) is 0 Å². The van der Waals surface area contributed by atoms with Crippen molar-refractivity contribution in [3.8, 4) is 5.75 Å². The van der Waals surface area contributed by atoms with Gasteiger partial charge >= 0.3 is 0 Å². The van der Waals surface area contributed by atoms with Gasteiger partial charge < -0.3 is 14.5 Å². The molecule has 1 aromatic heterocycles. The third-order valence-corrected chi connectivity index (χ3v) is 3.42. The maximum absolute atomic E-state index is 14.2. The topological polar surface area (TPSA) is 34.4 Å². The molecular formula is C15H17BrFNO2. The molecule has 1 unspecified atom stereocenters. The Balaban J connectivity index is 2.46. The van der Waals surface area contributed by atoms with Gasteiger partial charge in [0.1, 0.15) is 17.3 Å². The number of ether oxygens (including phenoxy) is 1. The second-order valence-electron chi connectivity index (χ2n) is 4.38. The van der Waals surface area contributed by atoms with E-state index in [2.05, 4.69) is 28.2 Å². The molecule has 1 atom stereocenters. The van der Waals surface area contributed by atoms with Crippen LogP contribution in [0.1, 0.15) is 30.7 Å². The molecule has 0 aliphatic heterocycles. The summed E-state index contributed by atoms with van der Waals surface area (Å²) in [6.45, 7) is 2.81. The van der Waals surface area contributed by atoms with Crippen molar-refractivity contribution >= 4 is 15.9 Å². The van der Waals surface area contributed by atoms with Crippen LogP contribution in [-0.4, -0.2) is 13.7 Å². The quantitative estimate of drug-likeness (QED) is 0.851. The van der Waals surface area contributed by atoms with Crippen LogP contribution in [0.3, 0.4) is 0 Å². The zero-order valence-electron chi connectivity index (χ0n) is 11.5. The van der Waals surface area contributed by atoms with Crippen molar-refractivity contribution in [1.82, 2.24) is 5.32 Å². The van der Waals surface area contributed by atoms with E-state index < -0.39 is 0 Å². The fourth-order valence-corrected chi connectivity index (χ4v) is 2.41. The molecule has 0 saturated heterocycles. The van der Waals surface area contributed by atoms with Gasteiger partial charge in [-0.05, 0) is 53.2 Å². The average Bonchev–Trinajstić information content (AvgIpc) is 2.87. The van der Waals surface area contributed by atoms with Gasteiger partial charge in [0.05, 0.1) is 18.7 Å². The maximum atomic E-state index is 14.2. The third kappa shape index (κ3) is 3.22. The Morgan fingerprint density at radius 3 is 2.75 bits per heavy atom. The Morgan fingerprint density at radius 2 is 2.15 bits per heavy atom. The zero-order valence-corrected chi connectivity index (χ0v) is 13.0. The molecule has 0 aliphatic rings. The first-order valence-corrected chi connectivity index (χ1v) is 7.27. The van der Waals surface area contributed by atoms with Gasteiger partial charge in [-0.3, -0.25) is 0 Å². The molecular weight excluding hydrogens is 325 g/mol. The normalized spacial score (nSPS) is 12.4. The van der Waals surface area contributed by atoms with E-state index in [1.807, 2.05) is 6.07 Å². The minimum atomic E-state index is -0.377. The molecule has 3 nitrogen and oxygen atoms in total. The van der Waals surface area contributed by atoms with Crippen LogP contribution >= 0.6 is 15.9 Å². The molecule has 1 heterocycles. The van der Waals surface area contributed by atoms with Gasteiger partial charge in [-0.1, -0.05) is 13.0 Å². The molecule has 1 N–H and O–H groups in total. The molecule has 0 aliphatic carbocycles. The van der Waals surface area contributed by atoms with Crippen LogP contribution in [0.15, 0.2) is 39.4 Å². The fourth-order valence-electron chi connectivity index (χ4n) is 2.09. The van der Waals surface area contributed by atoms with Crippen LogP contribution < -0.4 is 10.1 Å². The molecule has 20 heavy (non-hydrogen) atoms. The van der Waals surface area contributed by atoms with Gasteiger partial charge in [0.15, 0.2) is 4.67 Å². The first-order chi connectivity index (χ1) is 9.67. The molecule has 0 fully saturated rings. The predicted octanol–water partition coefficient (Wildman–Crippen LogP) is 4.28. The van der Waals surface area contributed by atoms with E-state index in [0.29, 0.717) is 21.7 Å². The summed E-state index contributed by atoms with van der Waals surface area (Å²) in [5.41, 5.74) is 0.463. The molecule has 2 aromatic rings. The molecule has 1 aromatic carbocycles. The van der Waals surface area contributed by atoms with Gasteiger partial charge in [0, 0.05) is 0 Å². The summed E-state index contributed by atoms with van der Waals surface area (Å²) in [6.07, 6.45) is 0.940. The van der Waals surface area contributed by atoms with Crippen molar-refractivity contribution < 1.29 is 13.5 Å². The summed E-state index contributed by atoms with van der Waals surface area (Å²) in [7, 11) is 1.53. The van der Waals surface area contributed by atoms with Crippen LogP contribution in [0.4, 0.5) is 4.39 Å². The van der Waals surface area contributed by atoms with E-state index in [0.717, 1.165) is 13.0 Å². The molecule has 0 bridgehead atoms. The second-order valence-corrected chi connectivity index (χ2v) is 5.17. The number of rotatable bonds is 6. The number of hydrogen-bond donors (Lipinski definition) is 1. The lowest BCUT2D eigenvalue weighted by molar-refractivity contribution is 0.380. The number of methoxy groups -OCH3 is 1. The highest BCUT2D eigenvalue weighted by atomic mass is 79.9. The van der Waals surface area contributed by atoms with E-state index in [4.69, 9.17) is 9.15 Å². The van der Waals surface area contributed by atoms with Crippen LogP contribution in [0.25, 0.3) is 0 Å². The zero-order chi connectivity index (χ0) is 14.5. The van der Waals surface area contributed by atoms with Crippen molar-refractivity contribution in [1.29, 1.82) is 0 Å². The van der Waals surface area contributed by atoms with E-state index in [1.54, 1.807) is 18.2 Å². The van der Waals surface area contributed by atoms with Crippen LogP contribution in [0, 0.1) is 5.82 Å². The lowest BCUT2D eigenvalue weighted by atomic mass is 10.0. The number of halogens is 2. The highest BCUT2D eigenvalue weighted by Crippen LogP contribution is 2.33. The minimum Gasteiger partial charge on any atom is -0.496 e. The first-order valence-electron chi connectivity index (χ1n) is 6.48. The molecule has 5 heteroatoms. The number of furan rings is 1. The molecule has 0 amide bonds. The Morgan fingerprint density at radius 1 is 1.35 bits per heavy atom. The third-order valence-electron chi connectivity index (χ3n) is 3.00. The van der Waals surface area contributed by atoms with Crippen molar-refractivity contribution in [3.05, 3.63) is 52.1 Å². The maximum Gasteiger partial charge on any atom is 0.169 e. The highest BCUT2D eigenvalue weighted by Gasteiger charge is 2.24. The number of benzene rings is 1. The summed E-state index contributed by atoms with van der Waals surface area (Å²) in [6, 6.07) is 8.05. The van der Waals surface area contributed by atoms with Gasteiger partial charge in [-0.25, -0.2) is 4.39 Å². The molecule has 0 spiro atoms. The van der Waals surface area contributed by atoms with Gasteiger partial charge in [0.2, 0.25) is 0 Å². The first kappa shape index (κ1) is 15.1. The Labute approximate surface area is 126 Å². The highest BCUT2D eigenvalue weighted by molar-refractivity contribution is 9.10. The van der Waals surface area contributed by atoms with Crippen molar-refractivity contribution in [3.63, 3.8) is 0 Å². The van der Waals surface area contributed by atoms with Crippen LogP contribution in [-0.2, 0) is 0 Å². The second kappa shape index (κ2) is 6.90. The van der Waals surface area contributed by atoms with E-state index in [-0.39, 0.29) is 11.9 Å². The molecule has 0 radical (unpaired) electrons. The van der Waals surface area contributed by atoms with E-state index in [1.165, 1.54) is 13.2 Å². The molecule has 2 rings (SSSR count). The number of nitrogens with one attached hydrogen (secondary N) is 1. The lowest BCUT2D eigenvalue weighted by Crippen LogP contribution is -2.24. The Hall–Kier alpha value is -1.33. The molecule has 108 valence electrons.